The molecule has 0 bridgehead atoms. The van der Waals surface area contributed by atoms with Gasteiger partial charge in [0.25, 0.3) is 0 Å². The van der Waals surface area contributed by atoms with Gasteiger partial charge in [0.2, 0.25) is 0 Å². The normalized spacial score (nSPS) is 11.4. The molecule has 0 spiro atoms. The molecule has 0 fully saturated rings. The first-order chi connectivity index (χ1) is 10.1. The van der Waals surface area contributed by atoms with E-state index in [1.165, 1.54) is 70.6 Å². The molecule has 0 rings (SSSR count). The number of phosphoric acid groups is 1. The average molecular weight is 339 g/mol. The molecule has 0 aromatic heterocycles. The quantitative estimate of drug-likeness (QED) is 0.246. The minimum Gasteiger partial charge on any atom is -0.344 e. The third-order valence-electron chi connectivity index (χ3n) is 3.76. The predicted molar refractivity (Wildman–Crippen MR) is 93.3 cm³/mol. The maximum atomic E-state index is 10.4. The summed E-state index contributed by atoms with van der Waals surface area (Å²) in [5.41, 5.74) is 0. The molecule has 0 radical (unpaired) electrons. The van der Waals surface area contributed by atoms with Gasteiger partial charge in [0.05, 0.1) is 6.61 Å². The van der Waals surface area contributed by atoms with Crippen LogP contribution in [0.4, 0.5) is 0 Å². The van der Waals surface area contributed by atoms with E-state index >= 15 is 0 Å². The Morgan fingerprint density at radius 3 is 1.32 bits per heavy atom. The molecule has 0 aliphatic heterocycles. The Bertz CT molecular complexity index is 259. The molecule has 0 saturated carbocycles. The lowest BCUT2D eigenvalue weighted by Crippen LogP contribution is -1.92. The van der Waals surface area contributed by atoms with Gasteiger partial charge >= 0.3 is 7.82 Å². The average Bonchev–Trinajstić information content (AvgIpc) is 2.42. The Kier molecular flexibility index (Phi) is 19.3. The summed E-state index contributed by atoms with van der Waals surface area (Å²) in [5.74, 6) is 0. The molecule has 0 amide bonds. The van der Waals surface area contributed by atoms with Crippen LogP contribution in [0.2, 0.25) is 0 Å². The molecule has 5 nitrogen and oxygen atoms in total. The summed E-state index contributed by atoms with van der Waals surface area (Å²) in [6, 6.07) is 0. The van der Waals surface area contributed by atoms with Crippen LogP contribution < -0.4 is 6.15 Å². The first kappa shape index (κ1) is 24.3. The fraction of sp³-hybridized carbons (Fsp3) is 1.00. The minimum atomic E-state index is -4.25. The standard InChI is InChI=1S/C16H35O4P.H3N/c1-2-3-4-5-6-7-8-9-10-11-12-13-14-15-16-20-21(17,18)19;/h2-16H2,1H3,(H2,17,18,19);1H3. The smallest absolute Gasteiger partial charge is 0.344 e. The summed E-state index contributed by atoms with van der Waals surface area (Å²) in [5, 5.41) is 0. The van der Waals surface area contributed by atoms with Gasteiger partial charge in [0.15, 0.2) is 0 Å². The lowest BCUT2D eigenvalue weighted by molar-refractivity contribution is 0.193. The fourth-order valence-corrected chi connectivity index (χ4v) is 2.85. The van der Waals surface area contributed by atoms with Gasteiger partial charge in [-0.3, -0.25) is 4.52 Å². The van der Waals surface area contributed by atoms with Crippen LogP contribution in [0.15, 0.2) is 0 Å². The molecule has 5 N–H and O–H groups in total. The Hall–Kier alpha value is 0.0700. The fourth-order valence-electron chi connectivity index (χ4n) is 2.48. The molecule has 0 heterocycles. The van der Waals surface area contributed by atoms with E-state index in [9.17, 15) is 4.57 Å². The molecule has 6 heteroatoms. The Balaban J connectivity index is 0. The summed E-state index contributed by atoms with van der Waals surface area (Å²) < 4.78 is 14.8. The van der Waals surface area contributed by atoms with Crippen molar-refractivity contribution in [1.82, 2.24) is 6.15 Å². The van der Waals surface area contributed by atoms with E-state index in [-0.39, 0.29) is 12.8 Å². The van der Waals surface area contributed by atoms with Gasteiger partial charge in [0, 0.05) is 0 Å². The summed E-state index contributed by atoms with van der Waals surface area (Å²) in [7, 11) is -4.25. The van der Waals surface area contributed by atoms with Crippen LogP contribution in [-0.4, -0.2) is 16.4 Å². The largest absolute Gasteiger partial charge is 0.469 e. The number of rotatable bonds is 16. The second-order valence-corrected chi connectivity index (χ2v) is 7.16. The van der Waals surface area contributed by atoms with Crippen molar-refractivity contribution in [2.24, 2.45) is 0 Å². The van der Waals surface area contributed by atoms with Gasteiger partial charge in [-0.1, -0.05) is 90.4 Å². The molecule has 0 aliphatic carbocycles. The van der Waals surface area contributed by atoms with Gasteiger partial charge in [-0.25, -0.2) is 4.57 Å². The number of hydrogen-bond donors (Lipinski definition) is 3. The van der Waals surface area contributed by atoms with E-state index < -0.39 is 7.82 Å². The molecule has 0 unspecified atom stereocenters. The maximum Gasteiger partial charge on any atom is 0.469 e. The van der Waals surface area contributed by atoms with Gasteiger partial charge in [0.1, 0.15) is 0 Å². The first-order valence-corrected chi connectivity index (χ1v) is 10.3. The second kappa shape index (κ2) is 17.4. The molecule has 0 aromatic carbocycles. The number of unbranched alkanes of at least 4 members (excludes halogenated alkanes) is 13. The van der Waals surface area contributed by atoms with Crippen molar-refractivity contribution in [2.45, 2.75) is 96.8 Å². The molecular weight excluding hydrogens is 301 g/mol. The van der Waals surface area contributed by atoms with Crippen LogP contribution in [0.1, 0.15) is 96.8 Å². The van der Waals surface area contributed by atoms with E-state index in [1.807, 2.05) is 0 Å². The molecule has 0 saturated heterocycles. The lowest BCUT2D eigenvalue weighted by atomic mass is 10.0. The SMILES string of the molecule is CCCCCCCCCCCCCCCCOP(=O)(O)O.N. The summed E-state index contributed by atoms with van der Waals surface area (Å²) >= 11 is 0. The maximum absolute atomic E-state index is 10.4. The Morgan fingerprint density at radius 2 is 1.00 bits per heavy atom. The van der Waals surface area contributed by atoms with E-state index in [1.54, 1.807) is 0 Å². The number of hydrogen-bond acceptors (Lipinski definition) is 3. The second-order valence-electron chi connectivity index (χ2n) is 5.92. The van der Waals surface area contributed by atoms with Crippen molar-refractivity contribution in [3.63, 3.8) is 0 Å². The zero-order valence-corrected chi connectivity index (χ0v) is 15.4. The predicted octanol–water partition coefficient (Wildman–Crippen LogP) is 5.74. The third kappa shape index (κ3) is 22.4. The van der Waals surface area contributed by atoms with Crippen molar-refractivity contribution < 1.29 is 18.9 Å². The van der Waals surface area contributed by atoms with E-state index in [0.717, 1.165) is 19.3 Å². The van der Waals surface area contributed by atoms with E-state index in [0.29, 0.717) is 0 Å². The highest BCUT2D eigenvalue weighted by molar-refractivity contribution is 7.46. The summed E-state index contributed by atoms with van der Waals surface area (Å²) in [4.78, 5) is 17.0. The zero-order chi connectivity index (χ0) is 15.8. The monoisotopic (exact) mass is 339 g/mol. The molecular formula is C16H38NO4P. The van der Waals surface area contributed by atoms with Crippen LogP contribution in [0.3, 0.4) is 0 Å². The van der Waals surface area contributed by atoms with Crippen LogP contribution in [0.25, 0.3) is 0 Å². The number of phosphoric ester groups is 1. The van der Waals surface area contributed by atoms with Gasteiger partial charge < -0.3 is 15.9 Å². The van der Waals surface area contributed by atoms with Crippen LogP contribution in [0, 0.1) is 0 Å². The summed E-state index contributed by atoms with van der Waals surface area (Å²) in [6.45, 7) is 2.42. The van der Waals surface area contributed by atoms with Gasteiger partial charge in [-0.05, 0) is 6.42 Å². The summed E-state index contributed by atoms with van der Waals surface area (Å²) in [6.07, 6.45) is 17.8. The van der Waals surface area contributed by atoms with Crippen molar-refractivity contribution in [2.75, 3.05) is 6.61 Å². The third-order valence-corrected chi connectivity index (χ3v) is 4.28. The van der Waals surface area contributed by atoms with E-state index in [2.05, 4.69) is 11.4 Å². The molecule has 0 aromatic rings. The molecule has 0 aliphatic rings. The topological polar surface area (TPSA) is 102 Å². The lowest BCUT2D eigenvalue weighted by Gasteiger charge is -2.05. The van der Waals surface area contributed by atoms with Crippen molar-refractivity contribution in [1.29, 1.82) is 0 Å². The minimum absolute atomic E-state index is 0. The van der Waals surface area contributed by atoms with Crippen LogP contribution in [0.5, 0.6) is 0 Å². The molecule has 0 atom stereocenters. The van der Waals surface area contributed by atoms with Crippen LogP contribution >= 0.6 is 7.82 Å². The zero-order valence-electron chi connectivity index (χ0n) is 14.5. The van der Waals surface area contributed by atoms with Crippen molar-refractivity contribution >= 4 is 7.82 Å². The highest BCUT2D eigenvalue weighted by Crippen LogP contribution is 2.35. The molecule has 136 valence electrons. The molecule has 22 heavy (non-hydrogen) atoms. The first-order valence-electron chi connectivity index (χ1n) is 8.76. The highest BCUT2D eigenvalue weighted by atomic mass is 31.2. The van der Waals surface area contributed by atoms with Crippen molar-refractivity contribution in [3.05, 3.63) is 0 Å². The van der Waals surface area contributed by atoms with Gasteiger partial charge in [-0.2, -0.15) is 0 Å². The van der Waals surface area contributed by atoms with Crippen LogP contribution in [-0.2, 0) is 9.09 Å². The Morgan fingerprint density at radius 1 is 0.682 bits per heavy atom. The van der Waals surface area contributed by atoms with Crippen molar-refractivity contribution in [3.8, 4) is 0 Å². The highest BCUT2D eigenvalue weighted by Gasteiger charge is 2.12. The van der Waals surface area contributed by atoms with E-state index in [4.69, 9.17) is 9.79 Å². The van der Waals surface area contributed by atoms with Gasteiger partial charge in [-0.15, -0.1) is 0 Å². The Labute approximate surface area is 137 Å².